The lowest BCUT2D eigenvalue weighted by Gasteiger charge is -2.09. The second kappa shape index (κ2) is 7.43. The molecule has 0 aliphatic rings. The third kappa shape index (κ3) is 3.42. The molecule has 0 bridgehead atoms. The molecule has 0 aliphatic heterocycles. The van der Waals surface area contributed by atoms with Gasteiger partial charge in [0.15, 0.2) is 22.5 Å². The van der Waals surface area contributed by atoms with Crippen molar-refractivity contribution in [2.24, 2.45) is 7.05 Å². The first-order valence-electron chi connectivity index (χ1n) is 8.26. The first-order valence-corrected chi connectivity index (χ1v) is 9.14. The fourth-order valence-electron chi connectivity index (χ4n) is 2.86. The molecule has 3 aromatic heterocycles. The lowest BCUT2D eigenvalue weighted by Crippen LogP contribution is -2.16. The van der Waals surface area contributed by atoms with E-state index in [9.17, 15) is 9.59 Å². The normalized spacial score (nSPS) is 12.2. The molecule has 9 heteroatoms. The SMILES string of the molecule is COC(=O)c1c(C)[nH]c(C(=O)[C@H](C)Sc2nnc(-c3ccco3)n2C)c1C. The Morgan fingerprint density at radius 2 is 2.07 bits per heavy atom. The van der Waals surface area contributed by atoms with E-state index in [-0.39, 0.29) is 5.78 Å². The van der Waals surface area contributed by atoms with Crippen LogP contribution < -0.4 is 0 Å². The van der Waals surface area contributed by atoms with Crippen LogP contribution in [0.25, 0.3) is 11.6 Å². The van der Waals surface area contributed by atoms with Crippen LogP contribution in [-0.2, 0) is 11.8 Å². The summed E-state index contributed by atoms with van der Waals surface area (Å²) in [6.45, 7) is 5.27. The third-order valence-electron chi connectivity index (χ3n) is 4.30. The van der Waals surface area contributed by atoms with Crippen molar-refractivity contribution in [3.05, 3.63) is 40.9 Å². The summed E-state index contributed by atoms with van der Waals surface area (Å²) in [6.07, 6.45) is 1.57. The van der Waals surface area contributed by atoms with Crippen LogP contribution in [-0.4, -0.2) is 43.9 Å². The largest absolute Gasteiger partial charge is 0.465 e. The van der Waals surface area contributed by atoms with Gasteiger partial charge in [-0.3, -0.25) is 4.79 Å². The van der Waals surface area contributed by atoms with Crippen molar-refractivity contribution in [2.75, 3.05) is 7.11 Å². The first kappa shape index (κ1) is 19.0. The number of ketones is 1. The molecular formula is C18H20N4O4S. The Hall–Kier alpha value is -2.81. The van der Waals surface area contributed by atoms with E-state index in [0.717, 1.165) is 0 Å². The predicted molar refractivity (Wildman–Crippen MR) is 100.0 cm³/mol. The predicted octanol–water partition coefficient (Wildman–Crippen LogP) is 3.17. The number of aryl methyl sites for hydroxylation is 1. The van der Waals surface area contributed by atoms with Crippen molar-refractivity contribution in [3.63, 3.8) is 0 Å². The molecule has 0 saturated heterocycles. The van der Waals surface area contributed by atoms with Gasteiger partial charge in [-0.2, -0.15) is 0 Å². The molecule has 0 aliphatic carbocycles. The molecule has 27 heavy (non-hydrogen) atoms. The average Bonchev–Trinajstić information content (AvgIpc) is 3.35. The highest BCUT2D eigenvalue weighted by molar-refractivity contribution is 8.00. The summed E-state index contributed by atoms with van der Waals surface area (Å²) < 4.78 is 11.9. The highest BCUT2D eigenvalue weighted by Gasteiger charge is 2.27. The highest BCUT2D eigenvalue weighted by Crippen LogP contribution is 2.29. The molecule has 0 fully saturated rings. The van der Waals surface area contributed by atoms with E-state index in [1.165, 1.54) is 18.9 Å². The highest BCUT2D eigenvalue weighted by atomic mass is 32.2. The van der Waals surface area contributed by atoms with Crippen LogP contribution in [0.15, 0.2) is 28.0 Å². The van der Waals surface area contributed by atoms with Gasteiger partial charge >= 0.3 is 5.97 Å². The van der Waals surface area contributed by atoms with E-state index in [1.54, 1.807) is 43.7 Å². The molecule has 142 valence electrons. The van der Waals surface area contributed by atoms with Crippen molar-refractivity contribution >= 4 is 23.5 Å². The lowest BCUT2D eigenvalue weighted by molar-refractivity contribution is 0.0599. The fourth-order valence-corrected chi connectivity index (χ4v) is 3.73. The van der Waals surface area contributed by atoms with Crippen LogP contribution in [0.3, 0.4) is 0 Å². The van der Waals surface area contributed by atoms with Gasteiger partial charge in [-0.25, -0.2) is 4.79 Å². The molecule has 3 heterocycles. The van der Waals surface area contributed by atoms with Crippen molar-refractivity contribution in [1.82, 2.24) is 19.7 Å². The molecule has 0 saturated carbocycles. The van der Waals surface area contributed by atoms with Crippen LogP contribution in [0.5, 0.6) is 0 Å². The van der Waals surface area contributed by atoms with Gasteiger partial charge in [-0.05, 0) is 38.5 Å². The molecule has 1 atom stereocenters. The summed E-state index contributed by atoms with van der Waals surface area (Å²) in [5.74, 6) is 0.603. The molecular weight excluding hydrogens is 368 g/mol. The van der Waals surface area contributed by atoms with E-state index in [1.807, 2.05) is 7.05 Å². The van der Waals surface area contributed by atoms with Crippen LogP contribution in [0, 0.1) is 13.8 Å². The molecule has 3 rings (SSSR count). The summed E-state index contributed by atoms with van der Waals surface area (Å²) in [7, 11) is 3.13. The van der Waals surface area contributed by atoms with Crippen molar-refractivity contribution in [2.45, 2.75) is 31.2 Å². The average molecular weight is 388 g/mol. The number of rotatable bonds is 6. The van der Waals surface area contributed by atoms with Gasteiger partial charge in [0.2, 0.25) is 0 Å². The van der Waals surface area contributed by atoms with Gasteiger partial charge in [0.25, 0.3) is 0 Å². The van der Waals surface area contributed by atoms with Gasteiger partial charge < -0.3 is 18.7 Å². The van der Waals surface area contributed by atoms with Crippen LogP contribution in [0.1, 0.15) is 39.0 Å². The number of hydrogen-bond donors (Lipinski definition) is 1. The van der Waals surface area contributed by atoms with Crippen molar-refractivity contribution in [3.8, 4) is 11.6 Å². The van der Waals surface area contributed by atoms with Gasteiger partial charge in [-0.1, -0.05) is 11.8 Å². The molecule has 0 spiro atoms. The minimum atomic E-state index is -0.461. The topological polar surface area (TPSA) is 103 Å². The number of carbonyl (C=O) groups is 2. The number of thioether (sulfide) groups is 1. The number of ether oxygens (including phenoxy) is 1. The molecule has 0 radical (unpaired) electrons. The van der Waals surface area contributed by atoms with E-state index >= 15 is 0 Å². The van der Waals surface area contributed by atoms with Crippen molar-refractivity contribution in [1.29, 1.82) is 0 Å². The van der Waals surface area contributed by atoms with E-state index in [2.05, 4.69) is 15.2 Å². The van der Waals surface area contributed by atoms with Gasteiger partial charge in [-0.15, -0.1) is 10.2 Å². The zero-order valence-electron chi connectivity index (χ0n) is 15.7. The lowest BCUT2D eigenvalue weighted by atomic mass is 10.1. The second-order valence-electron chi connectivity index (χ2n) is 6.08. The number of methoxy groups -OCH3 is 1. The van der Waals surface area contributed by atoms with Gasteiger partial charge in [0.05, 0.1) is 29.9 Å². The van der Waals surface area contributed by atoms with E-state index < -0.39 is 11.2 Å². The molecule has 0 aromatic carbocycles. The number of carbonyl (C=O) groups excluding carboxylic acids is 2. The Labute approximate surface area is 160 Å². The number of H-pyrrole nitrogens is 1. The Balaban J connectivity index is 1.82. The number of Topliss-reactive ketones (excluding diaryl/α,β-unsaturated/α-hetero) is 1. The Morgan fingerprint density at radius 3 is 2.70 bits per heavy atom. The first-order chi connectivity index (χ1) is 12.8. The quantitative estimate of drug-likeness (QED) is 0.393. The molecule has 1 N–H and O–H groups in total. The van der Waals surface area contributed by atoms with E-state index in [4.69, 9.17) is 9.15 Å². The fraction of sp³-hybridized carbons (Fsp3) is 0.333. The van der Waals surface area contributed by atoms with E-state index in [0.29, 0.717) is 39.3 Å². The minimum Gasteiger partial charge on any atom is -0.465 e. The standard InChI is InChI=1S/C18H20N4O4S/c1-9-13(17(24)25-5)10(2)19-14(9)15(23)11(3)27-18-21-20-16(22(18)4)12-7-6-8-26-12/h6-8,11,19H,1-5H3/t11-/m0/s1. The summed E-state index contributed by atoms with van der Waals surface area (Å²) in [5, 5.41) is 8.45. The monoisotopic (exact) mass is 388 g/mol. The number of aromatic amines is 1. The maximum Gasteiger partial charge on any atom is 0.339 e. The molecule has 3 aromatic rings. The Kier molecular flexibility index (Phi) is 5.22. The summed E-state index contributed by atoms with van der Waals surface area (Å²) in [5.41, 5.74) is 2.00. The Bertz CT molecular complexity index is 988. The van der Waals surface area contributed by atoms with Crippen LogP contribution >= 0.6 is 11.8 Å². The number of aromatic nitrogens is 4. The maximum atomic E-state index is 12.9. The van der Waals surface area contributed by atoms with Crippen molar-refractivity contribution < 1.29 is 18.7 Å². The molecule has 0 amide bonds. The zero-order chi connectivity index (χ0) is 19.7. The third-order valence-corrected chi connectivity index (χ3v) is 5.44. The maximum absolute atomic E-state index is 12.9. The number of esters is 1. The van der Waals surface area contributed by atoms with Crippen LogP contribution in [0.4, 0.5) is 0 Å². The van der Waals surface area contributed by atoms with Crippen LogP contribution in [0.2, 0.25) is 0 Å². The second-order valence-corrected chi connectivity index (χ2v) is 7.39. The zero-order valence-corrected chi connectivity index (χ0v) is 16.5. The molecule has 0 unspecified atom stereocenters. The number of furan rings is 1. The Morgan fingerprint density at radius 1 is 1.33 bits per heavy atom. The van der Waals surface area contributed by atoms with Gasteiger partial charge in [0.1, 0.15) is 0 Å². The number of hydrogen-bond acceptors (Lipinski definition) is 7. The number of nitrogens with zero attached hydrogens (tertiary/aromatic N) is 3. The minimum absolute atomic E-state index is 0.127. The molecule has 8 nitrogen and oxygen atoms in total. The number of nitrogens with one attached hydrogen (secondary N) is 1. The summed E-state index contributed by atoms with van der Waals surface area (Å²) in [6, 6.07) is 3.57. The summed E-state index contributed by atoms with van der Waals surface area (Å²) in [4.78, 5) is 27.9. The van der Waals surface area contributed by atoms with Gasteiger partial charge in [0, 0.05) is 12.7 Å². The summed E-state index contributed by atoms with van der Waals surface area (Å²) >= 11 is 1.29. The smallest absolute Gasteiger partial charge is 0.339 e.